The van der Waals surface area contributed by atoms with Crippen LogP contribution in [0, 0.1) is 5.82 Å². The number of hydrogen-bond acceptors (Lipinski definition) is 2. The van der Waals surface area contributed by atoms with Crippen LogP contribution in [0.25, 0.3) is 6.08 Å². The minimum Gasteiger partial charge on any atom is -0.396 e. The Morgan fingerprint density at radius 3 is 2.92 bits per heavy atom. The van der Waals surface area contributed by atoms with E-state index in [0.29, 0.717) is 12.0 Å². The Morgan fingerprint density at radius 2 is 2.23 bits per heavy atom. The number of hydrogen-bond donors (Lipinski definition) is 2. The van der Waals surface area contributed by atoms with Crippen LogP contribution >= 0.6 is 0 Å². The van der Waals surface area contributed by atoms with Crippen LogP contribution in [0.2, 0.25) is 0 Å². The maximum Gasteiger partial charge on any atom is 0.146 e. The SMILES string of the molecule is Nc1c(F)cccc1C=CCCO. The number of aliphatic hydroxyl groups excluding tert-OH is 1. The number of aliphatic hydroxyl groups is 1. The number of nitrogen functional groups attached to an aromatic ring is 1. The molecule has 0 saturated heterocycles. The molecule has 70 valence electrons. The van der Waals surface area contributed by atoms with Crippen molar-refractivity contribution in [2.75, 3.05) is 12.3 Å². The van der Waals surface area contributed by atoms with E-state index in [9.17, 15) is 4.39 Å². The molecule has 1 aromatic rings. The highest BCUT2D eigenvalue weighted by molar-refractivity contribution is 5.64. The van der Waals surface area contributed by atoms with Gasteiger partial charge in [-0.2, -0.15) is 0 Å². The van der Waals surface area contributed by atoms with Gasteiger partial charge in [0.25, 0.3) is 0 Å². The maximum atomic E-state index is 12.9. The molecule has 0 aliphatic rings. The first-order chi connectivity index (χ1) is 6.25. The molecule has 0 aliphatic carbocycles. The molecule has 0 bridgehead atoms. The Labute approximate surface area is 76.5 Å². The lowest BCUT2D eigenvalue weighted by atomic mass is 10.1. The summed E-state index contributed by atoms with van der Waals surface area (Å²) in [4.78, 5) is 0. The van der Waals surface area contributed by atoms with Crippen LogP contribution in [-0.2, 0) is 0 Å². The number of nitrogens with two attached hydrogens (primary N) is 1. The number of halogens is 1. The number of para-hydroxylation sites is 1. The Hall–Kier alpha value is -1.35. The third-order valence-corrected chi connectivity index (χ3v) is 1.68. The van der Waals surface area contributed by atoms with E-state index in [1.807, 2.05) is 0 Å². The molecule has 0 fully saturated rings. The standard InChI is InChI=1S/C10H12FNO/c11-9-6-3-5-8(10(9)12)4-1-2-7-13/h1,3-6,13H,2,7,12H2. The van der Waals surface area contributed by atoms with Gasteiger partial charge in [-0.3, -0.25) is 0 Å². The number of rotatable bonds is 3. The van der Waals surface area contributed by atoms with Gasteiger partial charge >= 0.3 is 0 Å². The first-order valence-corrected chi connectivity index (χ1v) is 4.07. The summed E-state index contributed by atoms with van der Waals surface area (Å²) in [5, 5.41) is 8.51. The van der Waals surface area contributed by atoms with E-state index in [1.54, 1.807) is 24.3 Å². The van der Waals surface area contributed by atoms with Crippen molar-refractivity contribution in [3.8, 4) is 0 Å². The first-order valence-electron chi connectivity index (χ1n) is 4.07. The fourth-order valence-electron chi connectivity index (χ4n) is 0.984. The van der Waals surface area contributed by atoms with E-state index in [1.165, 1.54) is 6.07 Å². The molecular formula is C10H12FNO. The molecule has 3 heteroatoms. The lowest BCUT2D eigenvalue weighted by Crippen LogP contribution is -1.93. The highest BCUT2D eigenvalue weighted by atomic mass is 19.1. The van der Waals surface area contributed by atoms with Crippen molar-refractivity contribution in [2.45, 2.75) is 6.42 Å². The summed E-state index contributed by atoms with van der Waals surface area (Å²) < 4.78 is 12.9. The largest absolute Gasteiger partial charge is 0.396 e. The van der Waals surface area contributed by atoms with Crippen LogP contribution in [0.3, 0.4) is 0 Å². The van der Waals surface area contributed by atoms with Gasteiger partial charge in [0.05, 0.1) is 5.69 Å². The summed E-state index contributed by atoms with van der Waals surface area (Å²) in [6, 6.07) is 4.65. The number of anilines is 1. The van der Waals surface area contributed by atoms with E-state index in [-0.39, 0.29) is 12.3 Å². The molecule has 0 aliphatic heterocycles. The second-order valence-electron chi connectivity index (χ2n) is 2.66. The fourth-order valence-corrected chi connectivity index (χ4v) is 0.984. The average molecular weight is 181 g/mol. The van der Waals surface area contributed by atoms with Gasteiger partial charge in [-0.1, -0.05) is 24.3 Å². The van der Waals surface area contributed by atoms with Crippen LogP contribution in [0.4, 0.5) is 10.1 Å². The van der Waals surface area contributed by atoms with Crippen molar-refractivity contribution in [1.82, 2.24) is 0 Å². The van der Waals surface area contributed by atoms with E-state index in [0.717, 1.165) is 0 Å². The maximum absolute atomic E-state index is 12.9. The molecule has 0 spiro atoms. The third kappa shape index (κ3) is 2.56. The lowest BCUT2D eigenvalue weighted by Gasteiger charge is -2.00. The molecular weight excluding hydrogens is 169 g/mol. The number of benzene rings is 1. The molecule has 0 heterocycles. The molecule has 2 nitrogen and oxygen atoms in total. The summed E-state index contributed by atoms with van der Waals surface area (Å²) in [5.41, 5.74) is 6.27. The molecule has 0 saturated carbocycles. The predicted molar refractivity (Wildman–Crippen MR) is 51.5 cm³/mol. The topological polar surface area (TPSA) is 46.2 Å². The zero-order chi connectivity index (χ0) is 9.68. The normalized spacial score (nSPS) is 10.9. The van der Waals surface area contributed by atoms with E-state index in [2.05, 4.69) is 0 Å². The molecule has 3 N–H and O–H groups in total. The van der Waals surface area contributed by atoms with Crippen LogP contribution in [0.1, 0.15) is 12.0 Å². The highest BCUT2D eigenvalue weighted by Crippen LogP contribution is 2.17. The van der Waals surface area contributed by atoms with Gasteiger partial charge in [0, 0.05) is 12.2 Å². The van der Waals surface area contributed by atoms with Crippen LogP contribution in [-0.4, -0.2) is 11.7 Å². The van der Waals surface area contributed by atoms with Gasteiger partial charge in [-0.25, -0.2) is 4.39 Å². The molecule has 1 aromatic carbocycles. The Kier molecular flexibility index (Phi) is 3.46. The fraction of sp³-hybridized carbons (Fsp3) is 0.200. The van der Waals surface area contributed by atoms with E-state index in [4.69, 9.17) is 10.8 Å². The summed E-state index contributed by atoms with van der Waals surface area (Å²) in [6.07, 6.45) is 4.01. The first kappa shape index (κ1) is 9.74. The minimum atomic E-state index is -0.411. The van der Waals surface area contributed by atoms with Crippen molar-refractivity contribution in [2.24, 2.45) is 0 Å². The molecule has 1 rings (SSSR count). The van der Waals surface area contributed by atoms with E-state index < -0.39 is 5.82 Å². The van der Waals surface area contributed by atoms with Crippen LogP contribution < -0.4 is 5.73 Å². The quantitative estimate of drug-likeness (QED) is 0.698. The summed E-state index contributed by atoms with van der Waals surface area (Å²) in [7, 11) is 0. The Morgan fingerprint density at radius 1 is 1.46 bits per heavy atom. The van der Waals surface area contributed by atoms with Gasteiger partial charge in [0.15, 0.2) is 0 Å². The van der Waals surface area contributed by atoms with Gasteiger partial charge in [0.2, 0.25) is 0 Å². The molecule has 0 radical (unpaired) electrons. The minimum absolute atomic E-state index is 0.0890. The molecule has 13 heavy (non-hydrogen) atoms. The highest BCUT2D eigenvalue weighted by Gasteiger charge is 1.99. The average Bonchev–Trinajstić information content (AvgIpc) is 2.13. The van der Waals surface area contributed by atoms with Crippen molar-refractivity contribution in [3.05, 3.63) is 35.7 Å². The van der Waals surface area contributed by atoms with Crippen molar-refractivity contribution in [1.29, 1.82) is 0 Å². The van der Waals surface area contributed by atoms with Crippen molar-refractivity contribution in [3.63, 3.8) is 0 Å². The van der Waals surface area contributed by atoms with Crippen LogP contribution in [0.15, 0.2) is 24.3 Å². The molecule has 0 atom stereocenters. The lowest BCUT2D eigenvalue weighted by molar-refractivity contribution is 0.303. The second-order valence-corrected chi connectivity index (χ2v) is 2.66. The van der Waals surface area contributed by atoms with Crippen molar-refractivity contribution < 1.29 is 9.50 Å². The smallest absolute Gasteiger partial charge is 0.146 e. The van der Waals surface area contributed by atoms with Gasteiger partial charge in [0.1, 0.15) is 5.82 Å². The summed E-state index contributed by atoms with van der Waals surface area (Å²) in [6.45, 7) is 0.0890. The summed E-state index contributed by atoms with van der Waals surface area (Å²) >= 11 is 0. The third-order valence-electron chi connectivity index (χ3n) is 1.68. The zero-order valence-corrected chi connectivity index (χ0v) is 7.20. The van der Waals surface area contributed by atoms with Gasteiger partial charge in [-0.05, 0) is 12.5 Å². The van der Waals surface area contributed by atoms with Crippen LogP contribution in [0.5, 0.6) is 0 Å². The molecule has 0 unspecified atom stereocenters. The van der Waals surface area contributed by atoms with E-state index >= 15 is 0 Å². The second kappa shape index (κ2) is 4.62. The Bertz CT molecular complexity index is 310. The molecule has 0 aromatic heterocycles. The zero-order valence-electron chi connectivity index (χ0n) is 7.20. The van der Waals surface area contributed by atoms with Gasteiger partial charge < -0.3 is 10.8 Å². The predicted octanol–water partition coefficient (Wildman–Crippen LogP) is 1.80. The van der Waals surface area contributed by atoms with Crippen molar-refractivity contribution >= 4 is 11.8 Å². The Balaban J connectivity index is 2.83. The molecule has 0 amide bonds. The van der Waals surface area contributed by atoms with Gasteiger partial charge in [-0.15, -0.1) is 0 Å². The monoisotopic (exact) mass is 181 g/mol. The summed E-state index contributed by atoms with van der Waals surface area (Å²) in [5.74, 6) is -0.411.